The van der Waals surface area contributed by atoms with E-state index in [9.17, 15) is 15.3 Å². The number of hydrazine groups is 2. The molecule has 31 heavy (non-hydrogen) atoms. The number of nitrogens with zero attached hydrogens (tertiary/aromatic N) is 1. The van der Waals surface area contributed by atoms with Crippen LogP contribution in [0.1, 0.15) is 0 Å². The van der Waals surface area contributed by atoms with Gasteiger partial charge in [0.2, 0.25) is 0 Å². The molecule has 0 spiro atoms. The van der Waals surface area contributed by atoms with Crippen LogP contribution in [0.25, 0.3) is 0 Å². The highest BCUT2D eigenvalue weighted by molar-refractivity contribution is 5.41. The van der Waals surface area contributed by atoms with Crippen LogP contribution in [0.5, 0.6) is 5.75 Å². The molecule has 12 heteroatoms. The molecule has 0 bridgehead atoms. The predicted molar refractivity (Wildman–Crippen MR) is 108 cm³/mol. The second-order valence-corrected chi connectivity index (χ2v) is 7.12. The van der Waals surface area contributed by atoms with Gasteiger partial charge in [0, 0.05) is 11.9 Å². The van der Waals surface area contributed by atoms with E-state index in [4.69, 9.17) is 29.8 Å². The van der Waals surface area contributed by atoms with Crippen molar-refractivity contribution < 1.29 is 39.4 Å². The van der Waals surface area contributed by atoms with Crippen molar-refractivity contribution >= 4 is 5.69 Å². The van der Waals surface area contributed by atoms with Crippen molar-refractivity contribution in [1.29, 1.82) is 0 Å². The number of rotatable bonds is 11. The highest BCUT2D eigenvalue weighted by Crippen LogP contribution is 2.21. The highest BCUT2D eigenvalue weighted by Gasteiger charge is 2.43. The minimum atomic E-state index is -1.46. The maximum Gasteiger partial charge on any atom is 0.186 e. The maximum atomic E-state index is 9.89. The van der Waals surface area contributed by atoms with Crippen LogP contribution in [-0.2, 0) is 14.2 Å². The van der Waals surface area contributed by atoms with Gasteiger partial charge in [-0.1, -0.05) is 0 Å². The van der Waals surface area contributed by atoms with Crippen molar-refractivity contribution in [2.24, 2.45) is 0 Å². The van der Waals surface area contributed by atoms with Gasteiger partial charge in [0.15, 0.2) is 6.29 Å². The molecule has 1 fully saturated rings. The molecule has 0 saturated carbocycles. The Bertz CT molecular complexity index is 705. The van der Waals surface area contributed by atoms with Gasteiger partial charge < -0.3 is 50.5 Å². The van der Waals surface area contributed by atoms with Crippen LogP contribution in [0.15, 0.2) is 36.2 Å². The van der Waals surface area contributed by atoms with E-state index in [2.05, 4.69) is 11.0 Å². The molecule has 2 aliphatic heterocycles. The minimum Gasteiger partial charge on any atom is -0.487 e. The van der Waals surface area contributed by atoms with Gasteiger partial charge in [-0.25, -0.2) is 0 Å². The molecular weight excluding hydrogens is 412 g/mol. The normalized spacial score (nSPS) is 28.3. The largest absolute Gasteiger partial charge is 0.487 e. The van der Waals surface area contributed by atoms with Crippen LogP contribution < -0.4 is 21.4 Å². The molecule has 2 unspecified atom stereocenters. The Morgan fingerprint density at radius 2 is 1.81 bits per heavy atom. The second-order valence-electron chi connectivity index (χ2n) is 7.12. The Labute approximate surface area is 179 Å². The number of ether oxygens (including phenoxy) is 4. The summed E-state index contributed by atoms with van der Waals surface area (Å²) in [6.45, 7) is 1.14. The maximum absolute atomic E-state index is 9.89. The zero-order chi connectivity index (χ0) is 22.2. The zero-order valence-electron chi connectivity index (χ0n) is 17.0. The van der Waals surface area contributed by atoms with Crippen LogP contribution in [0.2, 0.25) is 0 Å². The van der Waals surface area contributed by atoms with Gasteiger partial charge in [0.1, 0.15) is 36.8 Å². The van der Waals surface area contributed by atoms with E-state index in [-0.39, 0.29) is 13.2 Å². The van der Waals surface area contributed by atoms with Crippen molar-refractivity contribution in [3.05, 3.63) is 36.2 Å². The molecule has 1 saturated heterocycles. The van der Waals surface area contributed by atoms with Crippen molar-refractivity contribution in [2.75, 3.05) is 45.3 Å². The molecule has 0 aromatic heterocycles. The number of aliphatic hydroxyl groups is 4. The van der Waals surface area contributed by atoms with Crippen LogP contribution >= 0.6 is 0 Å². The van der Waals surface area contributed by atoms with E-state index in [1.165, 1.54) is 0 Å². The van der Waals surface area contributed by atoms with Gasteiger partial charge in [-0.05, 0) is 24.3 Å². The molecule has 5 atom stereocenters. The highest BCUT2D eigenvalue weighted by atomic mass is 16.7. The summed E-state index contributed by atoms with van der Waals surface area (Å²) in [4.78, 5) is 0. The number of benzene rings is 1. The van der Waals surface area contributed by atoms with Crippen LogP contribution in [0.4, 0.5) is 5.69 Å². The molecule has 3 rings (SSSR count). The summed E-state index contributed by atoms with van der Waals surface area (Å²) in [5.41, 5.74) is 13.1. The Kier molecular flexibility index (Phi) is 8.69. The Balaban J connectivity index is 1.27. The third-order valence-electron chi connectivity index (χ3n) is 4.78. The smallest absolute Gasteiger partial charge is 0.186 e. The average Bonchev–Trinajstić information content (AvgIpc) is 3.23. The van der Waals surface area contributed by atoms with E-state index < -0.39 is 37.3 Å². The fourth-order valence-corrected chi connectivity index (χ4v) is 3.01. The molecule has 1 aromatic rings. The van der Waals surface area contributed by atoms with E-state index in [1.54, 1.807) is 29.3 Å². The number of hydrogen-bond acceptors (Lipinski definition) is 12. The van der Waals surface area contributed by atoms with E-state index in [0.29, 0.717) is 25.4 Å². The Morgan fingerprint density at radius 1 is 1.03 bits per heavy atom. The summed E-state index contributed by atoms with van der Waals surface area (Å²) in [5, 5.41) is 40.3. The summed E-state index contributed by atoms with van der Waals surface area (Å²) >= 11 is 0. The number of anilines is 1. The molecule has 0 amide bonds. The van der Waals surface area contributed by atoms with Gasteiger partial charge in [-0.15, -0.1) is 5.53 Å². The molecular formula is C19H30N4O8. The molecule has 1 aromatic carbocycles. The summed E-state index contributed by atoms with van der Waals surface area (Å²) in [5.74, 6) is 0.720. The van der Waals surface area contributed by atoms with Gasteiger partial charge >= 0.3 is 0 Å². The molecule has 2 heterocycles. The average molecular weight is 442 g/mol. The lowest BCUT2D eigenvalue weighted by Crippen LogP contribution is -2.59. The number of nitrogens with two attached hydrogens (primary N) is 1. The summed E-state index contributed by atoms with van der Waals surface area (Å²) in [6, 6.07) is 7.15. The third-order valence-corrected chi connectivity index (χ3v) is 4.78. The summed E-state index contributed by atoms with van der Waals surface area (Å²) in [7, 11) is 0. The summed E-state index contributed by atoms with van der Waals surface area (Å²) in [6.07, 6.45) is -4.58. The van der Waals surface area contributed by atoms with E-state index in [1.807, 2.05) is 6.20 Å². The number of nitrogen functional groups attached to an aromatic ring is 1. The van der Waals surface area contributed by atoms with Crippen molar-refractivity contribution in [1.82, 2.24) is 16.0 Å². The first kappa shape index (κ1) is 23.5. The Hall–Kier alpha value is -2.16. The topological polar surface area (TPSA) is 171 Å². The first-order chi connectivity index (χ1) is 15.0. The molecule has 8 N–H and O–H groups in total. The number of nitrogens with one attached hydrogen (secondary N) is 2. The van der Waals surface area contributed by atoms with Crippen molar-refractivity contribution in [3.63, 3.8) is 0 Å². The lowest BCUT2D eigenvalue weighted by molar-refractivity contribution is -0.302. The molecule has 0 radical (unpaired) electrons. The Morgan fingerprint density at radius 3 is 2.55 bits per heavy atom. The number of hydrogen-bond donors (Lipinski definition) is 7. The third kappa shape index (κ3) is 6.66. The quantitative estimate of drug-likeness (QED) is 0.144. The molecule has 2 aliphatic rings. The lowest BCUT2D eigenvalue weighted by Gasteiger charge is -2.39. The molecule has 0 aliphatic carbocycles. The SMILES string of the molecule is Nc1ccc(OCC2=CN(CCOCCO[C@@H]3OC(CO)[C@H](O)C(O)[C@@H]3O)NN2)cc1. The van der Waals surface area contributed by atoms with Crippen LogP contribution in [0, 0.1) is 0 Å². The fourth-order valence-electron chi connectivity index (χ4n) is 3.01. The van der Waals surface area contributed by atoms with Crippen LogP contribution in [0.3, 0.4) is 0 Å². The first-order valence-corrected chi connectivity index (χ1v) is 9.95. The minimum absolute atomic E-state index is 0.102. The van der Waals surface area contributed by atoms with Crippen molar-refractivity contribution in [3.8, 4) is 5.75 Å². The second kappa shape index (κ2) is 11.5. The zero-order valence-corrected chi connectivity index (χ0v) is 17.0. The van der Waals surface area contributed by atoms with E-state index >= 15 is 0 Å². The fraction of sp³-hybridized carbons (Fsp3) is 0.579. The van der Waals surface area contributed by atoms with Gasteiger partial charge in [0.05, 0.1) is 38.7 Å². The standard InChI is InChI=1S/C19H30N4O8/c20-12-1-3-14(4-2-12)30-11-13-9-23(22-21-13)5-6-28-7-8-29-19-18(27)17(26)16(25)15(10-24)31-19/h1-4,9,15-19,21-22,24-27H,5-8,10-11,20H2/t15?,16-,17?,18-,19+/m0/s1. The van der Waals surface area contributed by atoms with E-state index in [0.717, 1.165) is 11.4 Å². The predicted octanol–water partition coefficient (Wildman–Crippen LogP) is -2.35. The van der Waals surface area contributed by atoms with Gasteiger partial charge in [-0.3, -0.25) is 5.01 Å². The lowest BCUT2D eigenvalue weighted by atomic mass is 9.99. The molecule has 12 nitrogen and oxygen atoms in total. The summed E-state index contributed by atoms with van der Waals surface area (Å²) < 4.78 is 21.8. The monoisotopic (exact) mass is 442 g/mol. The van der Waals surface area contributed by atoms with Gasteiger partial charge in [0.25, 0.3) is 0 Å². The molecule has 174 valence electrons. The first-order valence-electron chi connectivity index (χ1n) is 9.95. The number of aliphatic hydroxyl groups excluding tert-OH is 4. The van der Waals surface area contributed by atoms with Crippen LogP contribution in [-0.4, -0.2) is 95.7 Å². The van der Waals surface area contributed by atoms with Crippen molar-refractivity contribution in [2.45, 2.75) is 30.7 Å². The van der Waals surface area contributed by atoms with Gasteiger partial charge in [-0.2, -0.15) is 0 Å².